The van der Waals surface area contributed by atoms with E-state index in [1.807, 2.05) is 67.6 Å². The van der Waals surface area contributed by atoms with Crippen LogP contribution in [-0.4, -0.2) is 46.7 Å². The van der Waals surface area contributed by atoms with Crippen LogP contribution in [0.25, 0.3) is 11.3 Å². The Morgan fingerprint density at radius 1 is 0.971 bits per heavy atom. The Morgan fingerprint density at radius 2 is 1.69 bits per heavy atom. The lowest BCUT2D eigenvalue weighted by atomic mass is 10.1. The van der Waals surface area contributed by atoms with Gasteiger partial charge in [0.25, 0.3) is 5.91 Å². The van der Waals surface area contributed by atoms with Crippen LogP contribution in [0.3, 0.4) is 0 Å². The normalized spacial score (nSPS) is 10.6. The summed E-state index contributed by atoms with van der Waals surface area (Å²) in [5.41, 5.74) is 3.60. The molecule has 0 radical (unpaired) electrons. The summed E-state index contributed by atoms with van der Waals surface area (Å²) in [4.78, 5) is 27.9. The van der Waals surface area contributed by atoms with Gasteiger partial charge in [0.05, 0.1) is 19.2 Å². The molecule has 7 nitrogen and oxygen atoms in total. The van der Waals surface area contributed by atoms with E-state index in [4.69, 9.17) is 9.84 Å². The van der Waals surface area contributed by atoms with Crippen LogP contribution in [-0.2, 0) is 11.3 Å². The summed E-state index contributed by atoms with van der Waals surface area (Å²) in [5, 5.41) is 7.57. The van der Waals surface area contributed by atoms with E-state index < -0.39 is 0 Å². The fraction of sp³-hybridized carbons (Fsp3) is 0.179. The molecule has 3 aromatic carbocycles. The Labute approximate surface area is 205 Å². The van der Waals surface area contributed by atoms with Crippen molar-refractivity contribution in [1.82, 2.24) is 14.7 Å². The summed E-state index contributed by atoms with van der Waals surface area (Å²) in [7, 11) is 1.57. The van der Waals surface area contributed by atoms with Crippen LogP contribution in [0.1, 0.15) is 22.8 Å². The van der Waals surface area contributed by atoms with Crippen molar-refractivity contribution in [3.63, 3.8) is 0 Å². The number of rotatable bonds is 9. The van der Waals surface area contributed by atoms with Crippen LogP contribution >= 0.6 is 0 Å². The van der Waals surface area contributed by atoms with Gasteiger partial charge in [0.15, 0.2) is 0 Å². The molecule has 0 saturated carbocycles. The van der Waals surface area contributed by atoms with Crippen molar-refractivity contribution in [1.29, 1.82) is 0 Å². The molecule has 0 atom stereocenters. The third-order valence-corrected chi connectivity index (χ3v) is 5.58. The zero-order valence-electron chi connectivity index (χ0n) is 19.8. The number of nitrogens with one attached hydrogen (secondary N) is 1. The van der Waals surface area contributed by atoms with E-state index in [-0.39, 0.29) is 18.4 Å². The zero-order chi connectivity index (χ0) is 24.6. The molecule has 0 bridgehead atoms. The summed E-state index contributed by atoms with van der Waals surface area (Å²) in [6.45, 7) is 2.69. The second-order valence-corrected chi connectivity index (χ2v) is 8.04. The maximum absolute atomic E-state index is 13.6. The van der Waals surface area contributed by atoms with E-state index in [9.17, 15) is 9.59 Å². The molecule has 0 unspecified atom stereocenters. The molecule has 4 rings (SSSR count). The second-order valence-electron chi connectivity index (χ2n) is 8.04. The maximum Gasteiger partial charge on any atom is 0.258 e. The van der Waals surface area contributed by atoms with Crippen molar-refractivity contribution < 1.29 is 14.3 Å². The van der Waals surface area contributed by atoms with Gasteiger partial charge in [0.2, 0.25) is 5.91 Å². The van der Waals surface area contributed by atoms with Crippen molar-refractivity contribution in [3.05, 3.63) is 102 Å². The number of benzene rings is 3. The van der Waals surface area contributed by atoms with Crippen molar-refractivity contribution in [2.45, 2.75) is 13.5 Å². The van der Waals surface area contributed by atoms with Gasteiger partial charge in [-0.05, 0) is 24.6 Å². The van der Waals surface area contributed by atoms with Crippen molar-refractivity contribution in [3.8, 4) is 17.0 Å². The predicted octanol–water partition coefficient (Wildman–Crippen LogP) is 4.71. The number of hydrogen-bond donors (Lipinski definition) is 1. The molecule has 0 saturated heterocycles. The zero-order valence-corrected chi connectivity index (χ0v) is 19.8. The number of carbonyl (C=O) groups excluding carboxylic acids is 2. The smallest absolute Gasteiger partial charge is 0.258 e. The van der Waals surface area contributed by atoms with Gasteiger partial charge < -0.3 is 15.0 Å². The molecule has 0 fully saturated rings. The van der Waals surface area contributed by atoms with Crippen LogP contribution in [0.15, 0.2) is 91.1 Å². The standard InChI is InChI=1S/C28H28N4O3/c1-3-31(20-26(33)29-23-15-10-16-24(17-23)35-2)28(34)25-19-32(18-21-11-6-4-7-12-21)30-27(25)22-13-8-5-9-14-22/h4-17,19H,3,18,20H2,1-2H3,(H,29,33). The van der Waals surface area contributed by atoms with Crippen LogP contribution in [0.2, 0.25) is 0 Å². The average Bonchev–Trinajstić information content (AvgIpc) is 3.31. The highest BCUT2D eigenvalue weighted by Crippen LogP contribution is 2.24. The first-order chi connectivity index (χ1) is 17.1. The molecule has 0 spiro atoms. The van der Waals surface area contributed by atoms with E-state index in [1.54, 1.807) is 42.3 Å². The number of hydrogen-bond acceptors (Lipinski definition) is 4. The minimum absolute atomic E-state index is 0.0787. The number of nitrogens with zero attached hydrogens (tertiary/aromatic N) is 3. The van der Waals surface area contributed by atoms with Gasteiger partial charge in [-0.15, -0.1) is 0 Å². The topological polar surface area (TPSA) is 76.5 Å². The third kappa shape index (κ3) is 5.95. The van der Waals surface area contributed by atoms with Crippen LogP contribution in [0.5, 0.6) is 5.75 Å². The Hall–Kier alpha value is -4.39. The van der Waals surface area contributed by atoms with Gasteiger partial charge in [-0.3, -0.25) is 14.3 Å². The molecule has 178 valence electrons. The quantitative estimate of drug-likeness (QED) is 0.386. The molecule has 0 aliphatic carbocycles. The number of carbonyl (C=O) groups is 2. The highest BCUT2D eigenvalue weighted by atomic mass is 16.5. The third-order valence-electron chi connectivity index (χ3n) is 5.58. The molecule has 4 aromatic rings. The molecular weight excluding hydrogens is 440 g/mol. The van der Waals surface area contributed by atoms with E-state index in [2.05, 4.69) is 5.32 Å². The Kier molecular flexibility index (Phi) is 7.57. The fourth-order valence-electron chi connectivity index (χ4n) is 3.81. The fourth-order valence-corrected chi connectivity index (χ4v) is 3.81. The number of amides is 2. The van der Waals surface area contributed by atoms with E-state index >= 15 is 0 Å². The lowest BCUT2D eigenvalue weighted by Gasteiger charge is -2.20. The van der Waals surface area contributed by atoms with Crippen LogP contribution < -0.4 is 10.1 Å². The van der Waals surface area contributed by atoms with E-state index in [0.717, 1.165) is 11.1 Å². The van der Waals surface area contributed by atoms with E-state index in [1.165, 1.54) is 4.90 Å². The maximum atomic E-state index is 13.6. The predicted molar refractivity (Wildman–Crippen MR) is 136 cm³/mol. The van der Waals surface area contributed by atoms with Crippen molar-refractivity contribution in [2.24, 2.45) is 0 Å². The average molecular weight is 469 g/mol. The molecule has 1 aromatic heterocycles. The number of methoxy groups -OCH3 is 1. The Balaban J connectivity index is 1.57. The summed E-state index contributed by atoms with van der Waals surface area (Å²) in [6, 6.07) is 26.7. The molecule has 0 aliphatic rings. The van der Waals surface area contributed by atoms with Gasteiger partial charge in [0, 0.05) is 30.1 Å². The Morgan fingerprint density at radius 3 is 2.37 bits per heavy atom. The monoisotopic (exact) mass is 468 g/mol. The largest absolute Gasteiger partial charge is 0.497 e. The highest BCUT2D eigenvalue weighted by molar-refractivity contribution is 6.02. The van der Waals surface area contributed by atoms with Gasteiger partial charge >= 0.3 is 0 Å². The first kappa shape index (κ1) is 23.8. The van der Waals surface area contributed by atoms with Gasteiger partial charge in [-0.25, -0.2) is 0 Å². The summed E-state index contributed by atoms with van der Waals surface area (Å²) >= 11 is 0. The molecule has 1 heterocycles. The minimum Gasteiger partial charge on any atom is -0.497 e. The number of anilines is 1. The SMILES string of the molecule is CCN(CC(=O)Nc1cccc(OC)c1)C(=O)c1cn(Cc2ccccc2)nc1-c1ccccc1. The van der Waals surface area contributed by atoms with Crippen LogP contribution in [0, 0.1) is 0 Å². The molecule has 7 heteroatoms. The van der Waals surface area contributed by atoms with Crippen LogP contribution in [0.4, 0.5) is 5.69 Å². The minimum atomic E-state index is -0.286. The molecule has 0 aliphatic heterocycles. The lowest BCUT2D eigenvalue weighted by Crippen LogP contribution is -2.38. The van der Waals surface area contributed by atoms with Crippen molar-refractivity contribution >= 4 is 17.5 Å². The summed E-state index contributed by atoms with van der Waals surface area (Å²) < 4.78 is 6.98. The molecule has 1 N–H and O–H groups in total. The number of aromatic nitrogens is 2. The van der Waals surface area contributed by atoms with E-state index in [0.29, 0.717) is 35.8 Å². The van der Waals surface area contributed by atoms with Crippen molar-refractivity contribution in [2.75, 3.05) is 25.5 Å². The first-order valence-electron chi connectivity index (χ1n) is 11.5. The lowest BCUT2D eigenvalue weighted by molar-refractivity contribution is -0.116. The van der Waals surface area contributed by atoms with Gasteiger partial charge in [-0.2, -0.15) is 5.10 Å². The number of ether oxygens (including phenoxy) is 1. The highest BCUT2D eigenvalue weighted by Gasteiger charge is 2.24. The first-order valence-corrected chi connectivity index (χ1v) is 11.5. The van der Waals surface area contributed by atoms with Gasteiger partial charge in [-0.1, -0.05) is 66.7 Å². The Bertz CT molecular complexity index is 1290. The summed E-state index contributed by atoms with van der Waals surface area (Å²) in [5.74, 6) is 0.113. The second kappa shape index (κ2) is 11.2. The molecule has 35 heavy (non-hydrogen) atoms. The molecular formula is C28H28N4O3. The van der Waals surface area contributed by atoms with Gasteiger partial charge in [0.1, 0.15) is 18.0 Å². The molecule has 2 amide bonds. The summed E-state index contributed by atoms with van der Waals surface area (Å²) in [6.07, 6.45) is 1.76. The number of likely N-dealkylation sites (N-methyl/N-ethyl adjacent to an activating group) is 1.